The van der Waals surface area contributed by atoms with E-state index >= 15 is 0 Å². The lowest BCUT2D eigenvalue weighted by Gasteiger charge is -2.33. The van der Waals surface area contributed by atoms with Gasteiger partial charge in [-0.1, -0.05) is 6.92 Å². The minimum Gasteiger partial charge on any atom is -0.466 e. The number of hydrogen-bond acceptors (Lipinski definition) is 5. The van der Waals surface area contributed by atoms with E-state index in [1.165, 1.54) is 0 Å². The maximum Gasteiger partial charge on any atom is 0.313 e. The van der Waals surface area contributed by atoms with Gasteiger partial charge in [0.15, 0.2) is 0 Å². The number of carbonyl (C=O) groups excluding carboxylic acids is 1. The second kappa shape index (κ2) is 7.71. The highest BCUT2D eigenvalue weighted by Gasteiger charge is 2.37. The molecule has 0 aromatic heterocycles. The van der Waals surface area contributed by atoms with Crippen molar-refractivity contribution in [1.29, 1.82) is 0 Å². The van der Waals surface area contributed by atoms with E-state index < -0.39 is 5.41 Å². The average molecular weight is 258 g/mol. The first kappa shape index (κ1) is 15.4. The van der Waals surface area contributed by atoms with E-state index in [-0.39, 0.29) is 5.97 Å². The third-order valence-electron chi connectivity index (χ3n) is 3.79. The highest BCUT2D eigenvalue weighted by molar-refractivity contribution is 5.77. The van der Waals surface area contributed by atoms with Crippen LogP contribution in [0, 0.1) is 5.41 Å². The minimum atomic E-state index is -0.520. The lowest BCUT2D eigenvalue weighted by Crippen LogP contribution is -2.44. The van der Waals surface area contributed by atoms with Crippen molar-refractivity contribution < 1.29 is 14.3 Å². The largest absolute Gasteiger partial charge is 0.466 e. The van der Waals surface area contributed by atoms with Crippen LogP contribution in [-0.2, 0) is 14.3 Å². The Morgan fingerprint density at radius 3 is 2.56 bits per heavy atom. The van der Waals surface area contributed by atoms with Crippen molar-refractivity contribution in [3.05, 3.63) is 0 Å². The van der Waals surface area contributed by atoms with Gasteiger partial charge in [0.05, 0.1) is 25.2 Å². The van der Waals surface area contributed by atoms with Gasteiger partial charge in [0.1, 0.15) is 0 Å². The number of nitrogens with two attached hydrogens (primary N) is 1. The smallest absolute Gasteiger partial charge is 0.313 e. The second-order valence-corrected chi connectivity index (χ2v) is 4.76. The predicted molar refractivity (Wildman–Crippen MR) is 70.3 cm³/mol. The van der Waals surface area contributed by atoms with E-state index in [1.54, 1.807) is 0 Å². The van der Waals surface area contributed by atoms with Crippen LogP contribution in [0.15, 0.2) is 0 Å². The number of rotatable bonds is 7. The summed E-state index contributed by atoms with van der Waals surface area (Å²) >= 11 is 0. The van der Waals surface area contributed by atoms with E-state index in [0.717, 1.165) is 45.7 Å². The molecule has 1 fully saturated rings. The predicted octanol–water partition coefficient (Wildman–Crippen LogP) is 0.627. The third kappa shape index (κ3) is 3.93. The van der Waals surface area contributed by atoms with Crippen molar-refractivity contribution in [2.75, 3.05) is 46.0 Å². The van der Waals surface area contributed by atoms with Crippen LogP contribution in [0.2, 0.25) is 0 Å². The Morgan fingerprint density at radius 1 is 1.39 bits per heavy atom. The summed E-state index contributed by atoms with van der Waals surface area (Å²) in [4.78, 5) is 14.4. The molecular formula is C13H26N2O3. The zero-order chi connectivity index (χ0) is 13.4. The molecule has 0 bridgehead atoms. The summed E-state index contributed by atoms with van der Waals surface area (Å²) in [6.07, 6.45) is 1.49. The molecule has 1 atom stereocenters. The van der Waals surface area contributed by atoms with Crippen LogP contribution in [0.25, 0.3) is 0 Å². The highest BCUT2D eigenvalue weighted by Crippen LogP contribution is 2.27. The molecule has 106 valence electrons. The van der Waals surface area contributed by atoms with Gasteiger partial charge in [-0.2, -0.15) is 0 Å². The molecule has 5 heteroatoms. The lowest BCUT2D eigenvalue weighted by atomic mass is 9.81. The molecule has 1 aliphatic heterocycles. The fourth-order valence-electron chi connectivity index (χ4n) is 2.23. The van der Waals surface area contributed by atoms with Crippen LogP contribution in [0.4, 0.5) is 0 Å². The maximum absolute atomic E-state index is 12.1. The first-order valence-corrected chi connectivity index (χ1v) is 6.86. The molecule has 1 aliphatic rings. The molecule has 0 amide bonds. The van der Waals surface area contributed by atoms with Crippen molar-refractivity contribution in [3.63, 3.8) is 0 Å². The van der Waals surface area contributed by atoms with Crippen LogP contribution < -0.4 is 5.73 Å². The Balaban J connectivity index is 2.52. The Labute approximate surface area is 110 Å². The number of esters is 1. The Hall–Kier alpha value is -0.650. The van der Waals surface area contributed by atoms with Gasteiger partial charge in [0.25, 0.3) is 0 Å². The van der Waals surface area contributed by atoms with E-state index in [9.17, 15) is 4.79 Å². The molecular weight excluding hydrogens is 232 g/mol. The van der Waals surface area contributed by atoms with Gasteiger partial charge in [-0.15, -0.1) is 0 Å². The number of nitrogens with zero attached hydrogens (tertiary/aromatic N) is 1. The van der Waals surface area contributed by atoms with Crippen molar-refractivity contribution in [3.8, 4) is 0 Å². The van der Waals surface area contributed by atoms with E-state index in [0.29, 0.717) is 13.2 Å². The number of ether oxygens (including phenoxy) is 2. The van der Waals surface area contributed by atoms with Crippen LogP contribution in [0.3, 0.4) is 0 Å². The van der Waals surface area contributed by atoms with Crippen molar-refractivity contribution in [1.82, 2.24) is 4.90 Å². The number of morpholine rings is 1. The summed E-state index contributed by atoms with van der Waals surface area (Å²) in [5, 5.41) is 0. The molecule has 0 aromatic rings. The van der Waals surface area contributed by atoms with Crippen LogP contribution in [-0.4, -0.2) is 56.9 Å². The van der Waals surface area contributed by atoms with Gasteiger partial charge in [0, 0.05) is 19.6 Å². The molecule has 1 saturated heterocycles. The topological polar surface area (TPSA) is 64.8 Å². The molecule has 0 saturated carbocycles. The molecule has 5 nitrogen and oxygen atoms in total. The zero-order valence-corrected chi connectivity index (χ0v) is 11.6. The quantitative estimate of drug-likeness (QED) is 0.678. The summed E-state index contributed by atoms with van der Waals surface area (Å²) in [5.74, 6) is -0.150. The fourth-order valence-corrected chi connectivity index (χ4v) is 2.23. The normalized spacial score (nSPS) is 20.4. The van der Waals surface area contributed by atoms with Crippen molar-refractivity contribution in [2.45, 2.75) is 26.7 Å². The van der Waals surface area contributed by atoms with Crippen molar-refractivity contribution in [2.24, 2.45) is 11.1 Å². The Morgan fingerprint density at radius 2 is 2.06 bits per heavy atom. The van der Waals surface area contributed by atoms with Crippen LogP contribution in [0.1, 0.15) is 26.7 Å². The number of hydrogen-bond donors (Lipinski definition) is 1. The third-order valence-corrected chi connectivity index (χ3v) is 3.79. The van der Waals surface area contributed by atoms with Gasteiger partial charge in [-0.25, -0.2) is 0 Å². The molecule has 2 N–H and O–H groups in total. The second-order valence-electron chi connectivity index (χ2n) is 4.76. The van der Waals surface area contributed by atoms with E-state index in [2.05, 4.69) is 4.90 Å². The zero-order valence-electron chi connectivity index (χ0n) is 11.6. The van der Waals surface area contributed by atoms with Gasteiger partial charge in [-0.3, -0.25) is 9.69 Å². The molecule has 1 rings (SSSR count). The first-order valence-electron chi connectivity index (χ1n) is 6.86. The Kier molecular flexibility index (Phi) is 6.60. The molecule has 0 aliphatic carbocycles. The van der Waals surface area contributed by atoms with Crippen LogP contribution >= 0.6 is 0 Å². The van der Waals surface area contributed by atoms with E-state index in [4.69, 9.17) is 15.2 Å². The fraction of sp³-hybridized carbons (Fsp3) is 0.923. The summed E-state index contributed by atoms with van der Waals surface area (Å²) in [5.41, 5.74) is 5.30. The molecule has 18 heavy (non-hydrogen) atoms. The van der Waals surface area contributed by atoms with Gasteiger partial charge in [0.2, 0.25) is 0 Å². The standard InChI is InChI=1S/C13H26N2O3/c1-3-13(11-14,12(16)18-4-2)5-6-15-7-9-17-10-8-15/h3-11,14H2,1-2H3. The minimum absolute atomic E-state index is 0.150. The molecule has 1 unspecified atom stereocenters. The van der Waals surface area contributed by atoms with Crippen molar-refractivity contribution >= 4 is 5.97 Å². The van der Waals surface area contributed by atoms with E-state index in [1.807, 2.05) is 13.8 Å². The summed E-state index contributed by atoms with van der Waals surface area (Å²) < 4.78 is 10.5. The molecule has 0 spiro atoms. The SMILES string of the molecule is CCOC(=O)C(CC)(CN)CCN1CCOCC1. The monoisotopic (exact) mass is 258 g/mol. The average Bonchev–Trinajstić information content (AvgIpc) is 2.42. The summed E-state index contributed by atoms with van der Waals surface area (Å²) in [7, 11) is 0. The van der Waals surface area contributed by atoms with Gasteiger partial charge >= 0.3 is 5.97 Å². The number of carbonyl (C=O) groups is 1. The maximum atomic E-state index is 12.1. The van der Waals surface area contributed by atoms with Crippen LogP contribution in [0.5, 0.6) is 0 Å². The van der Waals surface area contributed by atoms with Gasteiger partial charge < -0.3 is 15.2 Å². The summed E-state index contributed by atoms with van der Waals surface area (Å²) in [6.45, 7) is 8.92. The first-order chi connectivity index (χ1) is 8.68. The molecule has 1 heterocycles. The highest BCUT2D eigenvalue weighted by atomic mass is 16.5. The molecule has 0 aromatic carbocycles. The molecule has 0 radical (unpaired) electrons. The lowest BCUT2D eigenvalue weighted by molar-refractivity contribution is -0.156. The summed E-state index contributed by atoms with van der Waals surface area (Å²) in [6, 6.07) is 0. The van der Waals surface area contributed by atoms with Gasteiger partial charge in [-0.05, 0) is 26.3 Å². The Bertz CT molecular complexity index is 249.